The van der Waals surface area contributed by atoms with Crippen molar-refractivity contribution >= 4 is 27.8 Å². The molecule has 1 aliphatic heterocycles. The number of rotatable bonds is 6. The van der Waals surface area contributed by atoms with E-state index in [1.807, 2.05) is 0 Å². The van der Waals surface area contributed by atoms with E-state index < -0.39 is 0 Å². The molecule has 0 unspecified atom stereocenters. The first-order valence-corrected chi connectivity index (χ1v) is 11.5. The van der Waals surface area contributed by atoms with E-state index in [-0.39, 0.29) is 0 Å². The Hall–Kier alpha value is -2.55. The van der Waals surface area contributed by atoms with Gasteiger partial charge in [0.05, 0.1) is 32.3 Å². The van der Waals surface area contributed by atoms with Crippen LogP contribution in [0.3, 0.4) is 0 Å². The summed E-state index contributed by atoms with van der Waals surface area (Å²) in [5, 5.41) is 1.02. The molecule has 1 saturated heterocycles. The summed E-state index contributed by atoms with van der Waals surface area (Å²) in [6.45, 7) is 3.89. The van der Waals surface area contributed by atoms with E-state index in [2.05, 4.69) is 4.90 Å². The quantitative estimate of drug-likeness (QED) is 0.537. The predicted molar refractivity (Wildman–Crippen MR) is 119 cm³/mol. The summed E-state index contributed by atoms with van der Waals surface area (Å²) in [6, 6.07) is 5.16. The van der Waals surface area contributed by atoms with Gasteiger partial charge in [0, 0.05) is 23.5 Å². The summed E-state index contributed by atoms with van der Waals surface area (Å²) in [4.78, 5) is 25.6. The van der Waals surface area contributed by atoms with Crippen LogP contribution in [0.5, 0.6) is 17.4 Å². The predicted octanol–water partition coefficient (Wildman–Crippen LogP) is 4.02. The number of aromatic nitrogens is 2. The minimum atomic E-state index is 0.509. The number of aldehydes is 1. The molecule has 1 aliphatic carbocycles. The summed E-state index contributed by atoms with van der Waals surface area (Å²) in [6.07, 6.45) is 5.30. The third kappa shape index (κ3) is 4.15. The Morgan fingerprint density at radius 2 is 2.00 bits per heavy atom. The number of methoxy groups -OCH3 is 1. The minimum Gasteiger partial charge on any atom is -0.493 e. The van der Waals surface area contributed by atoms with Crippen LogP contribution in [0.1, 0.15) is 39.5 Å². The molecule has 0 radical (unpaired) electrons. The van der Waals surface area contributed by atoms with Crippen LogP contribution in [0.2, 0.25) is 0 Å². The van der Waals surface area contributed by atoms with E-state index in [1.165, 1.54) is 23.3 Å². The largest absolute Gasteiger partial charge is 0.493 e. The van der Waals surface area contributed by atoms with Gasteiger partial charge in [0.25, 0.3) is 0 Å². The van der Waals surface area contributed by atoms with Gasteiger partial charge in [0.15, 0.2) is 11.5 Å². The van der Waals surface area contributed by atoms with Crippen LogP contribution in [0.4, 0.5) is 0 Å². The number of carbonyl (C=O) groups excluding carboxylic acids is 1. The van der Waals surface area contributed by atoms with Gasteiger partial charge in [-0.2, -0.15) is 4.98 Å². The lowest BCUT2D eigenvalue weighted by molar-refractivity contribution is 0.0330. The van der Waals surface area contributed by atoms with Crippen molar-refractivity contribution in [2.45, 2.75) is 32.2 Å². The molecule has 31 heavy (non-hydrogen) atoms. The van der Waals surface area contributed by atoms with Crippen LogP contribution in [0.25, 0.3) is 10.2 Å². The lowest BCUT2D eigenvalue weighted by Crippen LogP contribution is -2.36. The maximum atomic E-state index is 11.1. The summed E-state index contributed by atoms with van der Waals surface area (Å²) in [5.74, 6) is 2.38. The lowest BCUT2D eigenvalue weighted by atomic mass is 9.97. The number of fused-ring (bicyclic) bond motifs is 3. The van der Waals surface area contributed by atoms with E-state index in [9.17, 15) is 4.79 Å². The molecule has 1 aromatic carbocycles. The van der Waals surface area contributed by atoms with E-state index in [4.69, 9.17) is 24.2 Å². The Labute approximate surface area is 185 Å². The minimum absolute atomic E-state index is 0.509. The normalized spacial score (nSPS) is 16.8. The molecule has 3 heterocycles. The van der Waals surface area contributed by atoms with E-state index in [0.717, 1.165) is 61.5 Å². The highest BCUT2D eigenvalue weighted by Crippen LogP contribution is 2.42. The first-order chi connectivity index (χ1) is 15.2. The molecule has 162 valence electrons. The SMILES string of the molecule is COc1cc(C=O)ccc1Oc1nc(CN2CCOCC2)nc2sc3c(c12)CCCC3. The van der Waals surface area contributed by atoms with Gasteiger partial charge in [0.2, 0.25) is 5.88 Å². The van der Waals surface area contributed by atoms with Crippen LogP contribution in [-0.2, 0) is 24.1 Å². The van der Waals surface area contributed by atoms with Crippen LogP contribution in [0.15, 0.2) is 18.2 Å². The first kappa shape index (κ1) is 20.4. The molecule has 8 heteroatoms. The van der Waals surface area contributed by atoms with Gasteiger partial charge in [0.1, 0.15) is 16.9 Å². The molecular formula is C23H25N3O4S. The molecule has 0 saturated carbocycles. The maximum Gasteiger partial charge on any atom is 0.231 e. The molecule has 2 aromatic heterocycles. The molecule has 5 rings (SSSR count). The zero-order valence-corrected chi connectivity index (χ0v) is 18.4. The number of thiophene rings is 1. The van der Waals surface area contributed by atoms with Gasteiger partial charge < -0.3 is 14.2 Å². The average Bonchev–Trinajstić information content (AvgIpc) is 3.18. The molecular weight excluding hydrogens is 414 g/mol. The van der Waals surface area contributed by atoms with Crippen molar-refractivity contribution in [1.29, 1.82) is 0 Å². The second-order valence-electron chi connectivity index (χ2n) is 7.85. The van der Waals surface area contributed by atoms with Crippen molar-refractivity contribution in [3.05, 3.63) is 40.0 Å². The molecule has 0 bridgehead atoms. The Balaban J connectivity index is 1.57. The summed E-state index contributed by atoms with van der Waals surface area (Å²) in [7, 11) is 1.57. The van der Waals surface area contributed by atoms with E-state index in [0.29, 0.717) is 29.5 Å². The summed E-state index contributed by atoms with van der Waals surface area (Å²) < 4.78 is 17.3. The second-order valence-corrected chi connectivity index (χ2v) is 8.94. The number of aryl methyl sites for hydroxylation is 2. The average molecular weight is 440 g/mol. The van der Waals surface area contributed by atoms with Crippen molar-refractivity contribution in [3.8, 4) is 17.4 Å². The van der Waals surface area contributed by atoms with Crippen molar-refractivity contribution in [2.24, 2.45) is 0 Å². The molecule has 2 aliphatic rings. The highest BCUT2D eigenvalue weighted by molar-refractivity contribution is 7.18. The number of hydrogen-bond acceptors (Lipinski definition) is 8. The Bertz CT molecular complexity index is 1110. The van der Waals surface area contributed by atoms with Crippen molar-refractivity contribution in [3.63, 3.8) is 0 Å². The highest BCUT2D eigenvalue weighted by Gasteiger charge is 2.24. The molecule has 0 atom stereocenters. The number of nitrogens with zero attached hydrogens (tertiary/aromatic N) is 3. The third-order valence-electron chi connectivity index (χ3n) is 5.83. The Morgan fingerprint density at radius 3 is 2.81 bits per heavy atom. The van der Waals surface area contributed by atoms with Gasteiger partial charge in [-0.15, -0.1) is 11.3 Å². The van der Waals surface area contributed by atoms with Gasteiger partial charge in [-0.1, -0.05) is 0 Å². The first-order valence-electron chi connectivity index (χ1n) is 10.7. The molecule has 7 nitrogen and oxygen atoms in total. The fourth-order valence-corrected chi connectivity index (χ4v) is 5.49. The number of ether oxygens (including phenoxy) is 3. The monoisotopic (exact) mass is 439 g/mol. The van der Waals surface area contributed by atoms with Crippen LogP contribution >= 0.6 is 11.3 Å². The summed E-state index contributed by atoms with van der Waals surface area (Å²) >= 11 is 1.76. The van der Waals surface area contributed by atoms with Crippen LogP contribution in [-0.4, -0.2) is 54.6 Å². The fourth-order valence-electron chi connectivity index (χ4n) is 4.22. The molecule has 0 N–H and O–H groups in total. The van der Waals surface area contributed by atoms with Gasteiger partial charge in [-0.3, -0.25) is 9.69 Å². The maximum absolute atomic E-state index is 11.1. The number of benzene rings is 1. The molecule has 0 spiro atoms. The van der Waals surface area contributed by atoms with Crippen molar-refractivity contribution < 1.29 is 19.0 Å². The topological polar surface area (TPSA) is 73.8 Å². The summed E-state index contributed by atoms with van der Waals surface area (Å²) in [5.41, 5.74) is 1.86. The number of morpholine rings is 1. The van der Waals surface area contributed by atoms with Gasteiger partial charge >= 0.3 is 0 Å². The van der Waals surface area contributed by atoms with Crippen LogP contribution in [0, 0.1) is 0 Å². The second kappa shape index (κ2) is 8.90. The fraction of sp³-hybridized carbons (Fsp3) is 0.435. The van der Waals surface area contributed by atoms with Gasteiger partial charge in [-0.05, 0) is 49.4 Å². The smallest absolute Gasteiger partial charge is 0.231 e. The number of carbonyl (C=O) groups is 1. The van der Waals surface area contributed by atoms with Gasteiger partial charge in [-0.25, -0.2) is 4.98 Å². The standard InChI is InChI=1S/C23H25N3O4S/c1-28-18-12-15(14-27)6-7-17(18)30-22-21-16-4-2-3-5-19(16)31-23(21)25-20(24-22)13-26-8-10-29-11-9-26/h6-7,12,14H,2-5,8-11,13H2,1H3. The van der Waals surface area contributed by atoms with E-state index >= 15 is 0 Å². The van der Waals surface area contributed by atoms with Crippen molar-refractivity contribution in [1.82, 2.24) is 14.9 Å². The molecule has 0 amide bonds. The van der Waals surface area contributed by atoms with Crippen LogP contribution < -0.4 is 9.47 Å². The highest BCUT2D eigenvalue weighted by atomic mass is 32.1. The number of hydrogen-bond donors (Lipinski definition) is 0. The van der Waals surface area contributed by atoms with Crippen molar-refractivity contribution in [2.75, 3.05) is 33.4 Å². The third-order valence-corrected chi connectivity index (χ3v) is 7.01. The zero-order valence-electron chi connectivity index (χ0n) is 17.6. The molecule has 3 aromatic rings. The Kier molecular flexibility index (Phi) is 5.85. The zero-order chi connectivity index (χ0) is 21.2. The Morgan fingerprint density at radius 1 is 1.16 bits per heavy atom. The lowest BCUT2D eigenvalue weighted by Gasteiger charge is -2.25. The molecule has 1 fully saturated rings. The van der Waals surface area contributed by atoms with E-state index in [1.54, 1.807) is 36.6 Å².